The molecular formula is C21H20N2O. The van der Waals surface area contributed by atoms with Crippen molar-refractivity contribution in [1.29, 1.82) is 0 Å². The molecule has 0 unspecified atom stereocenters. The van der Waals surface area contributed by atoms with Gasteiger partial charge in [-0.25, -0.2) is 0 Å². The van der Waals surface area contributed by atoms with E-state index in [1.54, 1.807) is 0 Å². The molecule has 0 spiro atoms. The summed E-state index contributed by atoms with van der Waals surface area (Å²) in [5, 5.41) is 9.11. The summed E-state index contributed by atoms with van der Waals surface area (Å²) < 4.78 is 6.16. The largest absolute Gasteiger partial charge is 0.345 e. The third-order valence-electron chi connectivity index (χ3n) is 3.75. The normalized spacial score (nSPS) is 11.7. The number of nitrogens with zero attached hydrogens (tertiary/aromatic N) is 2. The van der Waals surface area contributed by atoms with Gasteiger partial charge in [-0.05, 0) is 19.1 Å². The lowest BCUT2D eigenvalue weighted by Gasteiger charge is -2.29. The molecule has 0 radical (unpaired) electrons. The summed E-state index contributed by atoms with van der Waals surface area (Å²) in [4.78, 5) is 0. The smallest absolute Gasteiger partial charge is 0.231 e. The van der Waals surface area contributed by atoms with Gasteiger partial charge in [0.05, 0.1) is 5.69 Å². The molecule has 3 heteroatoms. The first kappa shape index (κ1) is 16.1. The van der Waals surface area contributed by atoms with Crippen molar-refractivity contribution in [2.45, 2.75) is 12.6 Å². The molecule has 0 N–H and O–H groups in total. The molecule has 0 aliphatic rings. The molecule has 3 nitrogen and oxygen atoms in total. The van der Waals surface area contributed by atoms with Crippen LogP contribution < -0.4 is 0 Å². The van der Waals surface area contributed by atoms with E-state index in [2.05, 4.69) is 10.2 Å². The van der Waals surface area contributed by atoms with Crippen LogP contribution >= 0.6 is 0 Å². The quantitative estimate of drug-likeness (QED) is 0.536. The maximum Gasteiger partial charge on any atom is 0.231 e. The molecule has 0 heterocycles. The van der Waals surface area contributed by atoms with Crippen molar-refractivity contribution >= 4 is 5.69 Å². The first-order chi connectivity index (χ1) is 11.8. The van der Waals surface area contributed by atoms with Crippen LogP contribution in [0, 0.1) is 0 Å². The monoisotopic (exact) mass is 316 g/mol. The van der Waals surface area contributed by atoms with Crippen molar-refractivity contribution in [3.63, 3.8) is 0 Å². The van der Waals surface area contributed by atoms with Crippen LogP contribution in [0.5, 0.6) is 0 Å². The van der Waals surface area contributed by atoms with Crippen LogP contribution in [0.3, 0.4) is 0 Å². The number of benzene rings is 3. The minimum Gasteiger partial charge on any atom is -0.345 e. The first-order valence-electron chi connectivity index (χ1n) is 8.08. The molecule has 0 fully saturated rings. The maximum absolute atomic E-state index is 6.16. The molecule has 0 atom stereocenters. The molecular weight excluding hydrogens is 296 g/mol. The molecule has 3 aromatic rings. The first-order valence-corrected chi connectivity index (χ1v) is 8.08. The van der Waals surface area contributed by atoms with Crippen molar-refractivity contribution < 1.29 is 4.74 Å². The van der Waals surface area contributed by atoms with E-state index in [1.807, 2.05) is 97.9 Å². The van der Waals surface area contributed by atoms with Gasteiger partial charge in [0.15, 0.2) is 0 Å². The summed E-state index contributed by atoms with van der Waals surface area (Å²) in [7, 11) is 0. The van der Waals surface area contributed by atoms with E-state index in [0.29, 0.717) is 6.61 Å². The Morgan fingerprint density at radius 3 is 1.62 bits per heavy atom. The Hall–Kier alpha value is -2.78. The number of hydrogen-bond acceptors (Lipinski definition) is 3. The molecule has 0 amide bonds. The van der Waals surface area contributed by atoms with Gasteiger partial charge in [0.2, 0.25) is 5.72 Å². The highest BCUT2D eigenvalue weighted by Gasteiger charge is 2.35. The Labute approximate surface area is 142 Å². The Morgan fingerprint density at radius 2 is 1.17 bits per heavy atom. The van der Waals surface area contributed by atoms with Crippen molar-refractivity contribution in [2.24, 2.45) is 10.2 Å². The van der Waals surface area contributed by atoms with E-state index in [4.69, 9.17) is 4.74 Å². The van der Waals surface area contributed by atoms with Gasteiger partial charge in [0.1, 0.15) is 0 Å². The molecule has 0 bridgehead atoms. The van der Waals surface area contributed by atoms with Gasteiger partial charge in [-0.3, -0.25) is 0 Å². The van der Waals surface area contributed by atoms with Crippen molar-refractivity contribution in [3.8, 4) is 0 Å². The Kier molecular flexibility index (Phi) is 5.14. The lowest BCUT2D eigenvalue weighted by molar-refractivity contribution is -0.00928. The fraction of sp³-hybridized carbons (Fsp3) is 0.143. The second-order valence-electron chi connectivity index (χ2n) is 5.34. The topological polar surface area (TPSA) is 34.0 Å². The summed E-state index contributed by atoms with van der Waals surface area (Å²) in [6, 6.07) is 29.7. The summed E-state index contributed by atoms with van der Waals surface area (Å²) in [6.45, 7) is 2.50. The summed E-state index contributed by atoms with van der Waals surface area (Å²) in [5.41, 5.74) is 1.76. The van der Waals surface area contributed by atoms with Crippen LogP contribution in [-0.4, -0.2) is 6.61 Å². The van der Waals surface area contributed by atoms with Gasteiger partial charge < -0.3 is 4.74 Å². The van der Waals surface area contributed by atoms with Crippen molar-refractivity contribution in [1.82, 2.24) is 0 Å². The molecule has 0 aliphatic heterocycles. The molecule has 0 saturated carbocycles. The predicted octanol–water partition coefficient (Wildman–Crippen LogP) is 5.71. The third kappa shape index (κ3) is 3.42. The van der Waals surface area contributed by atoms with Crippen LogP contribution in [0.15, 0.2) is 101 Å². The number of hydrogen-bond donors (Lipinski definition) is 0. The van der Waals surface area contributed by atoms with Crippen LogP contribution in [0.4, 0.5) is 5.69 Å². The second kappa shape index (κ2) is 7.66. The minimum atomic E-state index is -0.951. The lowest BCUT2D eigenvalue weighted by atomic mass is 9.95. The standard InChI is InChI=1S/C21H20N2O/c1-2-24-21(18-12-6-3-7-13-18,19-14-8-4-9-15-19)23-22-20-16-10-5-11-17-20/h3-17H,2H2,1H3. The fourth-order valence-corrected chi connectivity index (χ4v) is 2.64. The van der Waals surface area contributed by atoms with Gasteiger partial charge in [-0.15, -0.1) is 5.11 Å². The molecule has 0 saturated heterocycles. The average molecular weight is 316 g/mol. The van der Waals surface area contributed by atoms with Gasteiger partial charge in [0, 0.05) is 17.7 Å². The Morgan fingerprint density at radius 1 is 0.708 bits per heavy atom. The Bertz CT molecular complexity index is 731. The van der Waals surface area contributed by atoms with Crippen molar-refractivity contribution in [2.75, 3.05) is 6.61 Å². The molecule has 3 rings (SSSR count). The lowest BCUT2D eigenvalue weighted by Crippen LogP contribution is -2.28. The van der Waals surface area contributed by atoms with Crippen LogP contribution in [0.2, 0.25) is 0 Å². The summed E-state index contributed by atoms with van der Waals surface area (Å²) >= 11 is 0. The van der Waals surface area contributed by atoms with E-state index in [9.17, 15) is 0 Å². The molecule has 120 valence electrons. The maximum atomic E-state index is 6.16. The number of ether oxygens (including phenoxy) is 1. The summed E-state index contributed by atoms with van der Waals surface area (Å²) in [6.07, 6.45) is 0. The van der Waals surface area contributed by atoms with E-state index in [1.165, 1.54) is 0 Å². The van der Waals surface area contributed by atoms with E-state index < -0.39 is 5.72 Å². The van der Waals surface area contributed by atoms with E-state index in [-0.39, 0.29) is 0 Å². The zero-order valence-electron chi connectivity index (χ0n) is 13.7. The highest BCUT2D eigenvalue weighted by molar-refractivity contribution is 5.38. The zero-order valence-corrected chi connectivity index (χ0v) is 13.7. The van der Waals surface area contributed by atoms with Crippen LogP contribution in [-0.2, 0) is 10.5 Å². The summed E-state index contributed by atoms with van der Waals surface area (Å²) in [5.74, 6) is 0. The second-order valence-corrected chi connectivity index (χ2v) is 5.34. The van der Waals surface area contributed by atoms with Crippen LogP contribution in [0.1, 0.15) is 18.1 Å². The van der Waals surface area contributed by atoms with E-state index in [0.717, 1.165) is 16.8 Å². The molecule has 0 aromatic heterocycles. The Balaban J connectivity index is 2.13. The highest BCUT2D eigenvalue weighted by Crippen LogP contribution is 2.36. The highest BCUT2D eigenvalue weighted by atomic mass is 16.5. The van der Waals surface area contributed by atoms with E-state index >= 15 is 0 Å². The van der Waals surface area contributed by atoms with Gasteiger partial charge >= 0.3 is 0 Å². The molecule has 24 heavy (non-hydrogen) atoms. The average Bonchev–Trinajstić information content (AvgIpc) is 2.67. The molecule has 3 aromatic carbocycles. The van der Waals surface area contributed by atoms with Gasteiger partial charge in [-0.1, -0.05) is 78.9 Å². The SMILES string of the molecule is CCOC(N=Nc1ccccc1)(c1ccccc1)c1ccccc1. The number of rotatable bonds is 6. The fourth-order valence-electron chi connectivity index (χ4n) is 2.64. The van der Waals surface area contributed by atoms with Crippen LogP contribution in [0.25, 0.3) is 0 Å². The predicted molar refractivity (Wildman–Crippen MR) is 96.2 cm³/mol. The number of azo groups is 1. The third-order valence-corrected chi connectivity index (χ3v) is 3.75. The molecule has 0 aliphatic carbocycles. The minimum absolute atomic E-state index is 0.525. The van der Waals surface area contributed by atoms with Crippen molar-refractivity contribution in [3.05, 3.63) is 102 Å². The van der Waals surface area contributed by atoms with Gasteiger partial charge in [-0.2, -0.15) is 5.11 Å². The van der Waals surface area contributed by atoms with Gasteiger partial charge in [0.25, 0.3) is 0 Å². The zero-order chi connectivity index (χ0) is 16.7.